The molecule has 1 aliphatic heterocycles. The number of nitrogens with zero attached hydrogens (tertiary/aromatic N) is 2. The number of rotatable bonds is 7. The van der Waals surface area contributed by atoms with E-state index in [4.69, 9.17) is 5.73 Å². The lowest BCUT2D eigenvalue weighted by atomic mass is 10.1. The van der Waals surface area contributed by atoms with Gasteiger partial charge in [-0.25, -0.2) is 0 Å². The summed E-state index contributed by atoms with van der Waals surface area (Å²) in [4.78, 5) is 16.3. The molecule has 26 heavy (non-hydrogen) atoms. The van der Waals surface area contributed by atoms with Crippen molar-refractivity contribution in [2.45, 2.75) is 6.42 Å². The van der Waals surface area contributed by atoms with E-state index in [1.54, 1.807) is 12.1 Å². The van der Waals surface area contributed by atoms with Crippen molar-refractivity contribution in [3.05, 3.63) is 54.1 Å². The number of amides is 1. The number of hydrogen-bond donors (Lipinski definition) is 3. The van der Waals surface area contributed by atoms with E-state index in [0.29, 0.717) is 11.3 Å². The largest absolute Gasteiger partial charge is 0.508 e. The minimum absolute atomic E-state index is 0.0423. The van der Waals surface area contributed by atoms with E-state index in [0.717, 1.165) is 45.7 Å². The van der Waals surface area contributed by atoms with Crippen LogP contribution in [0.3, 0.4) is 0 Å². The summed E-state index contributed by atoms with van der Waals surface area (Å²) in [6.45, 7) is 5.97. The average Bonchev–Trinajstić information content (AvgIpc) is 2.67. The molecule has 1 fully saturated rings. The number of carbonyl (C=O) groups is 1. The molecule has 138 valence electrons. The van der Waals surface area contributed by atoms with Crippen molar-refractivity contribution in [2.24, 2.45) is 5.73 Å². The second-order valence-electron chi connectivity index (χ2n) is 6.54. The van der Waals surface area contributed by atoms with Crippen LogP contribution in [-0.2, 0) is 0 Å². The number of phenolic OH excluding ortho intramolecular Hbond substituents is 1. The molecule has 0 aromatic heterocycles. The Kier molecular flexibility index (Phi) is 5.96. The number of benzene rings is 2. The number of nitrogens with one attached hydrogen (secondary N) is 1. The Hall–Kier alpha value is -2.73. The Morgan fingerprint density at radius 1 is 1.08 bits per heavy atom. The Labute approximate surface area is 154 Å². The summed E-state index contributed by atoms with van der Waals surface area (Å²) in [5.74, 6) is -0.499. The van der Waals surface area contributed by atoms with Gasteiger partial charge in [-0.1, -0.05) is 18.2 Å². The normalized spacial score (nSPS) is 15.0. The Balaban J connectivity index is 1.41. The van der Waals surface area contributed by atoms with E-state index in [-0.39, 0.29) is 5.75 Å². The third kappa shape index (κ3) is 4.67. The molecular weight excluding hydrogens is 328 g/mol. The molecule has 0 spiro atoms. The Morgan fingerprint density at radius 3 is 2.50 bits per heavy atom. The SMILES string of the molecule is NC(=O)c1cc(O)ccc1NCCCN1CCN(c2ccccc2)CC1. The molecule has 0 unspecified atom stereocenters. The first kappa shape index (κ1) is 18.1. The van der Waals surface area contributed by atoms with Gasteiger partial charge in [-0.05, 0) is 43.3 Å². The van der Waals surface area contributed by atoms with E-state index in [2.05, 4.69) is 39.4 Å². The van der Waals surface area contributed by atoms with E-state index in [9.17, 15) is 9.90 Å². The summed E-state index contributed by atoms with van der Waals surface area (Å²) >= 11 is 0. The minimum Gasteiger partial charge on any atom is -0.508 e. The van der Waals surface area contributed by atoms with Crippen LogP contribution in [0.25, 0.3) is 0 Å². The standard InChI is InChI=1S/C20H26N4O2/c21-20(26)18-15-17(25)7-8-19(18)22-9-4-10-23-11-13-24(14-12-23)16-5-2-1-3-6-16/h1-3,5-8,15,22,25H,4,9-14H2,(H2,21,26). The van der Waals surface area contributed by atoms with Gasteiger partial charge in [-0.2, -0.15) is 0 Å². The number of anilines is 2. The zero-order chi connectivity index (χ0) is 18.4. The molecule has 2 aromatic rings. The van der Waals surface area contributed by atoms with Gasteiger partial charge >= 0.3 is 0 Å². The monoisotopic (exact) mass is 354 g/mol. The van der Waals surface area contributed by atoms with Crippen molar-refractivity contribution >= 4 is 17.3 Å². The summed E-state index contributed by atoms with van der Waals surface area (Å²) in [6, 6.07) is 15.2. The van der Waals surface area contributed by atoms with Crippen molar-refractivity contribution in [3.8, 4) is 5.75 Å². The molecule has 0 atom stereocenters. The first-order valence-electron chi connectivity index (χ1n) is 9.02. The van der Waals surface area contributed by atoms with Crippen LogP contribution in [-0.4, -0.2) is 55.2 Å². The van der Waals surface area contributed by atoms with Gasteiger partial charge in [0.2, 0.25) is 0 Å². The quantitative estimate of drug-likeness (QED) is 0.524. The fraction of sp³-hybridized carbons (Fsp3) is 0.350. The maximum atomic E-state index is 11.5. The van der Waals surface area contributed by atoms with Gasteiger partial charge in [0.25, 0.3) is 5.91 Å². The van der Waals surface area contributed by atoms with Gasteiger partial charge in [0.15, 0.2) is 0 Å². The van der Waals surface area contributed by atoms with Crippen LogP contribution in [0.2, 0.25) is 0 Å². The molecule has 0 saturated carbocycles. The summed E-state index contributed by atoms with van der Waals surface area (Å²) in [7, 11) is 0. The second-order valence-corrected chi connectivity index (χ2v) is 6.54. The molecule has 0 radical (unpaired) electrons. The van der Waals surface area contributed by atoms with E-state index >= 15 is 0 Å². The maximum absolute atomic E-state index is 11.5. The van der Waals surface area contributed by atoms with Crippen LogP contribution in [0.1, 0.15) is 16.8 Å². The molecule has 2 aromatic carbocycles. The van der Waals surface area contributed by atoms with Gasteiger partial charge in [-0.3, -0.25) is 9.69 Å². The number of nitrogens with two attached hydrogens (primary N) is 1. The summed E-state index contributed by atoms with van der Waals surface area (Å²) in [5.41, 5.74) is 7.65. The number of phenols is 1. The van der Waals surface area contributed by atoms with E-state index in [1.807, 2.05) is 6.07 Å². The third-order valence-electron chi connectivity index (χ3n) is 4.73. The molecule has 6 heteroatoms. The van der Waals surface area contributed by atoms with Crippen molar-refractivity contribution in [3.63, 3.8) is 0 Å². The lowest BCUT2D eigenvalue weighted by Gasteiger charge is -2.36. The minimum atomic E-state index is -0.541. The smallest absolute Gasteiger partial charge is 0.250 e. The van der Waals surface area contributed by atoms with Crippen LogP contribution in [0.15, 0.2) is 48.5 Å². The number of para-hydroxylation sites is 1. The summed E-state index contributed by atoms with van der Waals surface area (Å²) in [5, 5.41) is 12.7. The summed E-state index contributed by atoms with van der Waals surface area (Å²) < 4.78 is 0. The first-order chi connectivity index (χ1) is 12.6. The highest BCUT2D eigenvalue weighted by Crippen LogP contribution is 2.21. The topological polar surface area (TPSA) is 81.8 Å². The van der Waals surface area contributed by atoms with Gasteiger partial charge in [-0.15, -0.1) is 0 Å². The van der Waals surface area contributed by atoms with Crippen molar-refractivity contribution < 1.29 is 9.90 Å². The van der Waals surface area contributed by atoms with E-state index < -0.39 is 5.91 Å². The van der Waals surface area contributed by atoms with Crippen molar-refractivity contribution in [2.75, 3.05) is 49.5 Å². The fourth-order valence-electron chi connectivity index (χ4n) is 3.28. The van der Waals surface area contributed by atoms with Crippen LogP contribution in [0.4, 0.5) is 11.4 Å². The second kappa shape index (κ2) is 8.58. The lowest BCUT2D eigenvalue weighted by molar-refractivity contribution is 0.100. The number of aromatic hydroxyl groups is 1. The van der Waals surface area contributed by atoms with Crippen LogP contribution in [0, 0.1) is 0 Å². The number of carbonyl (C=O) groups excluding carboxylic acids is 1. The number of hydrogen-bond acceptors (Lipinski definition) is 5. The fourth-order valence-corrected chi connectivity index (χ4v) is 3.28. The van der Waals surface area contributed by atoms with Gasteiger partial charge < -0.3 is 21.1 Å². The molecule has 4 N–H and O–H groups in total. The van der Waals surface area contributed by atoms with Gasteiger partial charge in [0.1, 0.15) is 5.75 Å². The molecule has 1 heterocycles. The average molecular weight is 354 g/mol. The molecular formula is C20H26N4O2. The first-order valence-corrected chi connectivity index (χ1v) is 9.02. The molecule has 1 aliphatic rings. The Morgan fingerprint density at radius 2 is 1.81 bits per heavy atom. The predicted octanol–water partition coefficient (Wildman–Crippen LogP) is 2.12. The van der Waals surface area contributed by atoms with Gasteiger partial charge in [0.05, 0.1) is 5.56 Å². The molecule has 1 amide bonds. The molecule has 0 aliphatic carbocycles. The van der Waals surface area contributed by atoms with Crippen LogP contribution >= 0.6 is 0 Å². The van der Waals surface area contributed by atoms with Crippen LogP contribution in [0.5, 0.6) is 5.75 Å². The highest BCUT2D eigenvalue weighted by molar-refractivity contribution is 5.98. The van der Waals surface area contributed by atoms with Gasteiger partial charge in [0, 0.05) is 44.1 Å². The molecule has 1 saturated heterocycles. The zero-order valence-electron chi connectivity index (χ0n) is 14.9. The predicted molar refractivity (Wildman–Crippen MR) is 105 cm³/mol. The maximum Gasteiger partial charge on any atom is 0.250 e. The number of primary amides is 1. The Bertz CT molecular complexity index is 728. The summed E-state index contributed by atoms with van der Waals surface area (Å²) in [6.07, 6.45) is 0.977. The molecule has 0 bridgehead atoms. The zero-order valence-corrected chi connectivity index (χ0v) is 14.9. The molecule has 3 rings (SSSR count). The highest BCUT2D eigenvalue weighted by Gasteiger charge is 2.16. The van der Waals surface area contributed by atoms with Crippen molar-refractivity contribution in [1.82, 2.24) is 4.90 Å². The lowest BCUT2D eigenvalue weighted by Crippen LogP contribution is -2.46. The number of piperazine rings is 1. The van der Waals surface area contributed by atoms with Crippen LogP contribution < -0.4 is 16.0 Å². The van der Waals surface area contributed by atoms with E-state index in [1.165, 1.54) is 11.8 Å². The van der Waals surface area contributed by atoms with Crippen molar-refractivity contribution in [1.29, 1.82) is 0 Å². The highest BCUT2D eigenvalue weighted by atomic mass is 16.3. The third-order valence-corrected chi connectivity index (χ3v) is 4.73. The molecule has 6 nitrogen and oxygen atoms in total.